The Morgan fingerprint density at radius 3 is 1.65 bits per heavy atom. The molecule has 0 amide bonds. The molecule has 0 bridgehead atoms. The van der Waals surface area contributed by atoms with Crippen molar-refractivity contribution in [3.63, 3.8) is 0 Å². The quantitative estimate of drug-likeness (QED) is 0.160. The topological polar surface area (TPSA) is 25.8 Å². The molecule has 11 aromatic rings. The lowest BCUT2D eigenvalue weighted by Gasteiger charge is -2.34. The van der Waals surface area contributed by atoms with Crippen LogP contribution in [0.25, 0.3) is 87.5 Å². The van der Waals surface area contributed by atoms with Crippen LogP contribution in [0.2, 0.25) is 0 Å². The first-order valence-corrected chi connectivity index (χ1v) is 22.0. The van der Waals surface area contributed by atoms with E-state index in [4.69, 9.17) is 9.97 Å². The third kappa shape index (κ3) is 5.78. The molecule has 0 radical (unpaired) electrons. The zero-order valence-electron chi connectivity index (χ0n) is 33.7. The smallest absolute Gasteiger partial charge is 0.160 e. The minimum Gasteiger partial charge on any atom is -0.228 e. The van der Waals surface area contributed by atoms with E-state index in [1.54, 1.807) is 0 Å². The number of fused-ring (bicyclic) bond motifs is 6. The van der Waals surface area contributed by atoms with E-state index in [0.29, 0.717) is 5.82 Å². The molecular formula is C59H38N2S. The van der Waals surface area contributed by atoms with Gasteiger partial charge in [-0.2, -0.15) is 0 Å². The van der Waals surface area contributed by atoms with Gasteiger partial charge >= 0.3 is 0 Å². The molecule has 1 aliphatic carbocycles. The van der Waals surface area contributed by atoms with E-state index in [1.807, 2.05) is 17.4 Å². The van der Waals surface area contributed by atoms with E-state index in [1.165, 1.54) is 64.7 Å². The second-order valence-electron chi connectivity index (χ2n) is 16.0. The molecule has 0 saturated carbocycles. The Morgan fingerprint density at radius 2 is 0.887 bits per heavy atom. The number of nitrogens with zero attached hydrogens (tertiary/aromatic N) is 2. The summed E-state index contributed by atoms with van der Waals surface area (Å²) in [5, 5.41) is 2.60. The van der Waals surface area contributed by atoms with Crippen molar-refractivity contribution in [2.45, 2.75) is 5.41 Å². The second-order valence-corrected chi connectivity index (χ2v) is 17.1. The van der Waals surface area contributed by atoms with E-state index < -0.39 is 5.41 Å². The summed E-state index contributed by atoms with van der Waals surface area (Å²) in [6, 6.07) is 83.4. The SMILES string of the molecule is c1ccc(-c2nc(-c3ccc4c(c3)C(c3ccccc3)(c3ccccc3)c3ccccc3-4)cc(-c3ccc(-c4cccc5c4sc4ccccc45)cc3-c3ccccc3)n2)cc1. The number of aromatic nitrogens is 2. The van der Waals surface area contributed by atoms with Gasteiger partial charge in [0, 0.05) is 36.9 Å². The third-order valence-electron chi connectivity index (χ3n) is 12.6. The summed E-state index contributed by atoms with van der Waals surface area (Å²) >= 11 is 1.87. The Balaban J connectivity index is 1.08. The van der Waals surface area contributed by atoms with Crippen molar-refractivity contribution in [1.82, 2.24) is 9.97 Å². The Bertz CT molecular complexity index is 3410. The standard InChI is InChI=1S/C59H38N2S/c1-5-18-39(19-6-1)51-36-41(45-28-17-29-50-49-27-14-16-31-56(49)62-57(45)50)32-35-48(51)55-38-54(60-58(61-55)40-20-7-2-8-21-40)42-33-34-47-46-26-13-15-30-52(46)59(53(47)37-42,43-22-9-3-10-23-43)44-24-11-4-12-25-44/h1-38H. The number of benzene rings is 9. The van der Waals surface area contributed by atoms with Gasteiger partial charge in [0.2, 0.25) is 0 Å². The average molecular weight is 807 g/mol. The highest BCUT2D eigenvalue weighted by Crippen LogP contribution is 2.56. The van der Waals surface area contributed by atoms with Crippen LogP contribution in [0.3, 0.4) is 0 Å². The fourth-order valence-corrected chi connectivity index (χ4v) is 11.1. The van der Waals surface area contributed by atoms with Gasteiger partial charge in [-0.3, -0.25) is 0 Å². The summed E-state index contributed by atoms with van der Waals surface area (Å²) in [7, 11) is 0. The van der Waals surface area contributed by atoms with Gasteiger partial charge in [-0.15, -0.1) is 11.3 Å². The summed E-state index contributed by atoms with van der Waals surface area (Å²) in [6.45, 7) is 0. The Labute approximate surface area is 365 Å². The predicted molar refractivity (Wildman–Crippen MR) is 259 cm³/mol. The van der Waals surface area contributed by atoms with E-state index in [9.17, 15) is 0 Å². The lowest BCUT2D eigenvalue weighted by atomic mass is 9.67. The van der Waals surface area contributed by atoms with Crippen molar-refractivity contribution >= 4 is 31.5 Å². The highest BCUT2D eigenvalue weighted by Gasteiger charge is 2.46. The van der Waals surface area contributed by atoms with Gasteiger partial charge < -0.3 is 0 Å². The molecule has 290 valence electrons. The fourth-order valence-electron chi connectivity index (χ4n) is 9.82. The zero-order valence-corrected chi connectivity index (χ0v) is 34.6. The highest BCUT2D eigenvalue weighted by molar-refractivity contribution is 7.26. The minimum absolute atomic E-state index is 0.518. The van der Waals surface area contributed by atoms with Crippen molar-refractivity contribution in [3.8, 4) is 67.3 Å². The minimum atomic E-state index is -0.518. The van der Waals surface area contributed by atoms with Gasteiger partial charge in [-0.25, -0.2) is 9.97 Å². The molecule has 2 nitrogen and oxygen atoms in total. The van der Waals surface area contributed by atoms with Crippen LogP contribution in [0.15, 0.2) is 231 Å². The summed E-state index contributed by atoms with van der Waals surface area (Å²) in [6.07, 6.45) is 0. The molecule has 9 aromatic carbocycles. The Morgan fingerprint density at radius 1 is 0.323 bits per heavy atom. The first-order chi connectivity index (χ1) is 30.7. The molecule has 0 fully saturated rings. The maximum atomic E-state index is 5.39. The van der Waals surface area contributed by atoms with Gasteiger partial charge in [0.05, 0.1) is 16.8 Å². The van der Waals surface area contributed by atoms with Gasteiger partial charge in [0.1, 0.15) is 0 Å². The van der Waals surface area contributed by atoms with Crippen molar-refractivity contribution in [1.29, 1.82) is 0 Å². The van der Waals surface area contributed by atoms with Crippen LogP contribution in [0.4, 0.5) is 0 Å². The van der Waals surface area contributed by atoms with Crippen LogP contribution in [0.5, 0.6) is 0 Å². The first-order valence-electron chi connectivity index (χ1n) is 21.1. The van der Waals surface area contributed by atoms with Crippen molar-refractivity contribution in [2.75, 3.05) is 0 Å². The normalized spacial score (nSPS) is 12.6. The summed E-state index contributed by atoms with van der Waals surface area (Å²) in [5.74, 6) is 0.692. The maximum Gasteiger partial charge on any atom is 0.160 e. The molecule has 0 aliphatic heterocycles. The number of thiophene rings is 1. The van der Waals surface area contributed by atoms with Crippen LogP contribution >= 0.6 is 11.3 Å². The van der Waals surface area contributed by atoms with Gasteiger partial charge in [-0.05, 0) is 79.9 Å². The largest absolute Gasteiger partial charge is 0.228 e. The molecule has 0 unspecified atom stereocenters. The monoisotopic (exact) mass is 806 g/mol. The van der Waals surface area contributed by atoms with E-state index in [0.717, 1.165) is 39.2 Å². The summed E-state index contributed by atoms with van der Waals surface area (Å²) in [4.78, 5) is 10.8. The Hall–Kier alpha value is -7.72. The van der Waals surface area contributed by atoms with Gasteiger partial charge in [-0.1, -0.05) is 206 Å². The molecule has 0 atom stereocenters. The van der Waals surface area contributed by atoms with Crippen molar-refractivity contribution in [3.05, 3.63) is 253 Å². The number of hydrogen-bond donors (Lipinski definition) is 0. The van der Waals surface area contributed by atoms with Crippen LogP contribution < -0.4 is 0 Å². The van der Waals surface area contributed by atoms with Gasteiger partial charge in [0.15, 0.2) is 5.82 Å². The molecule has 62 heavy (non-hydrogen) atoms. The Kier molecular flexibility index (Phi) is 8.62. The van der Waals surface area contributed by atoms with E-state index in [-0.39, 0.29) is 0 Å². The molecule has 2 aromatic heterocycles. The zero-order chi connectivity index (χ0) is 41.0. The molecule has 3 heteroatoms. The number of hydrogen-bond acceptors (Lipinski definition) is 3. The van der Waals surface area contributed by atoms with Crippen LogP contribution in [0, 0.1) is 0 Å². The maximum absolute atomic E-state index is 5.39. The van der Waals surface area contributed by atoms with E-state index >= 15 is 0 Å². The summed E-state index contributed by atoms with van der Waals surface area (Å²) < 4.78 is 2.61. The average Bonchev–Trinajstić information content (AvgIpc) is 3.89. The molecular weight excluding hydrogens is 769 g/mol. The van der Waals surface area contributed by atoms with Crippen LogP contribution in [0.1, 0.15) is 22.3 Å². The van der Waals surface area contributed by atoms with Crippen molar-refractivity contribution < 1.29 is 0 Å². The second kappa shape index (κ2) is 14.8. The summed E-state index contributed by atoms with van der Waals surface area (Å²) in [5.41, 5.74) is 16.5. The third-order valence-corrected chi connectivity index (χ3v) is 13.8. The first kappa shape index (κ1) is 36.2. The molecule has 1 aliphatic rings. The fraction of sp³-hybridized carbons (Fsp3) is 0.0169. The lowest BCUT2D eigenvalue weighted by Crippen LogP contribution is -2.28. The molecule has 0 N–H and O–H groups in total. The molecule has 2 heterocycles. The molecule has 0 saturated heterocycles. The van der Waals surface area contributed by atoms with E-state index in [2.05, 4.69) is 224 Å². The van der Waals surface area contributed by atoms with Crippen LogP contribution in [-0.2, 0) is 5.41 Å². The molecule has 0 spiro atoms. The van der Waals surface area contributed by atoms with Gasteiger partial charge in [0.25, 0.3) is 0 Å². The highest BCUT2D eigenvalue weighted by atomic mass is 32.1. The molecule has 12 rings (SSSR count). The predicted octanol–water partition coefficient (Wildman–Crippen LogP) is 15.5. The number of rotatable bonds is 7. The van der Waals surface area contributed by atoms with Crippen LogP contribution in [-0.4, -0.2) is 9.97 Å². The van der Waals surface area contributed by atoms with Crippen molar-refractivity contribution in [2.24, 2.45) is 0 Å². The lowest BCUT2D eigenvalue weighted by molar-refractivity contribution is 0.768.